The minimum absolute atomic E-state index is 0.0597. The van der Waals surface area contributed by atoms with Crippen LogP contribution in [-0.4, -0.2) is 57.1 Å². The Morgan fingerprint density at radius 3 is 3.12 bits per heavy atom. The Morgan fingerprint density at radius 2 is 2.24 bits per heavy atom. The van der Waals surface area contributed by atoms with Gasteiger partial charge in [-0.3, -0.25) is 4.79 Å². The SMILES string of the molecule is COC[C@@]12CCCO[C@@H]1CCN(C(=O)Cc1ccc3c(c1)OCO3)C2. The normalized spacial score (nSPS) is 27.9. The maximum absolute atomic E-state index is 12.9. The third-order valence-corrected chi connectivity index (χ3v) is 5.56. The molecule has 136 valence electrons. The molecule has 2 fully saturated rings. The first kappa shape index (κ1) is 16.7. The standard InChI is InChI=1S/C19H25NO5/c1-22-12-19-6-2-8-23-17(19)5-7-20(11-19)18(21)10-14-3-4-15-16(9-14)25-13-24-15/h3-4,9,17H,2,5-8,10-13H2,1H3/t17-,19+/m1/s1. The van der Waals surface area contributed by atoms with E-state index in [-0.39, 0.29) is 24.2 Å². The van der Waals surface area contributed by atoms with Gasteiger partial charge in [0, 0.05) is 32.2 Å². The number of ether oxygens (including phenoxy) is 4. The van der Waals surface area contributed by atoms with E-state index in [2.05, 4.69) is 0 Å². The van der Waals surface area contributed by atoms with Crippen LogP contribution in [0.3, 0.4) is 0 Å². The van der Waals surface area contributed by atoms with Crippen LogP contribution < -0.4 is 9.47 Å². The second kappa shape index (κ2) is 6.84. The second-order valence-electron chi connectivity index (χ2n) is 7.23. The van der Waals surface area contributed by atoms with Gasteiger partial charge in [0.15, 0.2) is 11.5 Å². The summed E-state index contributed by atoms with van der Waals surface area (Å²) in [5.41, 5.74) is 0.896. The lowest BCUT2D eigenvalue weighted by atomic mass is 9.73. The molecular formula is C19H25NO5. The van der Waals surface area contributed by atoms with E-state index < -0.39 is 0 Å². The first-order chi connectivity index (χ1) is 12.2. The molecule has 0 radical (unpaired) electrons. The molecule has 6 heteroatoms. The fraction of sp³-hybridized carbons (Fsp3) is 0.632. The third kappa shape index (κ3) is 3.20. The summed E-state index contributed by atoms with van der Waals surface area (Å²) >= 11 is 0. The van der Waals surface area contributed by atoms with E-state index >= 15 is 0 Å². The molecule has 0 spiro atoms. The number of piperidine rings is 1. The Bertz CT molecular complexity index is 645. The maximum atomic E-state index is 12.9. The van der Waals surface area contributed by atoms with Gasteiger partial charge < -0.3 is 23.8 Å². The highest BCUT2D eigenvalue weighted by molar-refractivity contribution is 5.79. The van der Waals surface area contributed by atoms with Crippen molar-refractivity contribution in [3.63, 3.8) is 0 Å². The monoisotopic (exact) mass is 347 g/mol. The molecule has 3 heterocycles. The van der Waals surface area contributed by atoms with Gasteiger partial charge in [-0.05, 0) is 37.0 Å². The summed E-state index contributed by atoms with van der Waals surface area (Å²) in [5.74, 6) is 1.62. The van der Waals surface area contributed by atoms with Crippen molar-refractivity contribution in [2.24, 2.45) is 5.41 Å². The largest absolute Gasteiger partial charge is 0.454 e. The third-order valence-electron chi connectivity index (χ3n) is 5.56. The van der Waals surface area contributed by atoms with Gasteiger partial charge in [-0.15, -0.1) is 0 Å². The lowest BCUT2D eigenvalue weighted by molar-refractivity contribution is -0.161. The number of fused-ring (bicyclic) bond motifs is 2. The molecule has 6 nitrogen and oxygen atoms in total. The smallest absolute Gasteiger partial charge is 0.231 e. The van der Waals surface area contributed by atoms with Crippen molar-refractivity contribution in [1.82, 2.24) is 4.90 Å². The van der Waals surface area contributed by atoms with Crippen molar-refractivity contribution in [2.75, 3.05) is 40.2 Å². The van der Waals surface area contributed by atoms with Crippen LogP contribution >= 0.6 is 0 Å². The summed E-state index contributed by atoms with van der Waals surface area (Å²) in [6.07, 6.45) is 3.56. The van der Waals surface area contributed by atoms with Crippen LogP contribution in [0.4, 0.5) is 0 Å². The Balaban J connectivity index is 1.45. The van der Waals surface area contributed by atoms with E-state index in [1.807, 2.05) is 23.1 Å². The molecule has 25 heavy (non-hydrogen) atoms. The highest BCUT2D eigenvalue weighted by Gasteiger charge is 2.46. The molecular weight excluding hydrogens is 322 g/mol. The van der Waals surface area contributed by atoms with Gasteiger partial charge >= 0.3 is 0 Å². The number of nitrogens with zero attached hydrogens (tertiary/aromatic N) is 1. The van der Waals surface area contributed by atoms with Crippen molar-refractivity contribution in [2.45, 2.75) is 31.8 Å². The van der Waals surface area contributed by atoms with Crippen molar-refractivity contribution in [1.29, 1.82) is 0 Å². The van der Waals surface area contributed by atoms with Gasteiger partial charge in [0.05, 0.1) is 19.1 Å². The van der Waals surface area contributed by atoms with Gasteiger partial charge in [-0.1, -0.05) is 6.07 Å². The molecule has 2 atom stereocenters. The molecule has 3 aliphatic rings. The Kier molecular flexibility index (Phi) is 4.56. The number of amides is 1. The van der Waals surface area contributed by atoms with Crippen LogP contribution in [0.2, 0.25) is 0 Å². The summed E-state index contributed by atoms with van der Waals surface area (Å²) in [6.45, 7) is 3.18. The molecule has 3 aliphatic heterocycles. The highest BCUT2D eigenvalue weighted by atomic mass is 16.7. The van der Waals surface area contributed by atoms with Crippen molar-refractivity contribution in [3.05, 3.63) is 23.8 Å². The van der Waals surface area contributed by atoms with Gasteiger partial charge in [-0.25, -0.2) is 0 Å². The molecule has 0 saturated carbocycles. The molecule has 0 bridgehead atoms. The molecule has 0 unspecified atom stereocenters. The van der Waals surface area contributed by atoms with E-state index in [1.165, 1.54) is 0 Å². The van der Waals surface area contributed by atoms with Crippen LogP contribution in [0.15, 0.2) is 18.2 Å². The zero-order valence-corrected chi connectivity index (χ0v) is 14.7. The number of rotatable bonds is 4. The maximum Gasteiger partial charge on any atom is 0.231 e. The van der Waals surface area contributed by atoms with E-state index in [0.717, 1.165) is 56.0 Å². The summed E-state index contributed by atoms with van der Waals surface area (Å²) in [6, 6.07) is 5.72. The number of likely N-dealkylation sites (tertiary alicyclic amines) is 1. The Labute approximate surface area is 148 Å². The molecule has 0 aliphatic carbocycles. The first-order valence-corrected chi connectivity index (χ1v) is 8.97. The zero-order chi connectivity index (χ0) is 17.3. The summed E-state index contributed by atoms with van der Waals surface area (Å²) < 4.78 is 22.2. The molecule has 1 amide bonds. The molecule has 2 saturated heterocycles. The van der Waals surface area contributed by atoms with Gasteiger partial charge in [0.1, 0.15) is 0 Å². The van der Waals surface area contributed by atoms with E-state index in [9.17, 15) is 4.79 Å². The zero-order valence-electron chi connectivity index (χ0n) is 14.7. The second-order valence-corrected chi connectivity index (χ2v) is 7.23. The Morgan fingerprint density at radius 1 is 1.36 bits per heavy atom. The van der Waals surface area contributed by atoms with Crippen LogP contribution in [0, 0.1) is 5.41 Å². The molecule has 0 N–H and O–H groups in total. The molecule has 4 rings (SSSR count). The van der Waals surface area contributed by atoms with E-state index in [4.69, 9.17) is 18.9 Å². The van der Waals surface area contributed by atoms with Crippen LogP contribution in [0.5, 0.6) is 11.5 Å². The summed E-state index contributed by atoms with van der Waals surface area (Å²) in [5, 5.41) is 0. The van der Waals surface area contributed by atoms with Crippen molar-refractivity contribution in [3.8, 4) is 11.5 Å². The number of hydrogen-bond acceptors (Lipinski definition) is 5. The van der Waals surface area contributed by atoms with Crippen molar-refractivity contribution >= 4 is 5.91 Å². The minimum Gasteiger partial charge on any atom is -0.454 e. The highest BCUT2D eigenvalue weighted by Crippen LogP contribution is 2.40. The van der Waals surface area contributed by atoms with Crippen LogP contribution in [0.1, 0.15) is 24.8 Å². The lowest BCUT2D eigenvalue weighted by Crippen LogP contribution is -2.58. The average Bonchev–Trinajstić information content (AvgIpc) is 3.09. The van der Waals surface area contributed by atoms with Gasteiger partial charge in [0.2, 0.25) is 12.7 Å². The molecule has 0 aromatic heterocycles. The number of hydrogen-bond donors (Lipinski definition) is 0. The number of methoxy groups -OCH3 is 1. The van der Waals surface area contributed by atoms with E-state index in [1.54, 1.807) is 7.11 Å². The summed E-state index contributed by atoms with van der Waals surface area (Å²) in [7, 11) is 1.73. The Hall–Kier alpha value is -1.79. The fourth-order valence-electron chi connectivity index (χ4n) is 4.34. The molecule has 1 aromatic carbocycles. The minimum atomic E-state index is -0.0597. The topological polar surface area (TPSA) is 57.2 Å². The fourth-order valence-corrected chi connectivity index (χ4v) is 4.34. The number of carbonyl (C=O) groups is 1. The summed E-state index contributed by atoms with van der Waals surface area (Å²) in [4.78, 5) is 14.8. The first-order valence-electron chi connectivity index (χ1n) is 8.97. The molecule has 1 aromatic rings. The van der Waals surface area contributed by atoms with E-state index in [0.29, 0.717) is 13.0 Å². The van der Waals surface area contributed by atoms with Gasteiger partial charge in [0.25, 0.3) is 0 Å². The quantitative estimate of drug-likeness (QED) is 0.834. The number of benzene rings is 1. The predicted octanol–water partition coefficient (Wildman–Crippen LogP) is 2.00. The lowest BCUT2D eigenvalue weighted by Gasteiger charge is -2.50. The predicted molar refractivity (Wildman–Crippen MR) is 90.7 cm³/mol. The number of carbonyl (C=O) groups excluding carboxylic acids is 1. The van der Waals surface area contributed by atoms with Gasteiger partial charge in [-0.2, -0.15) is 0 Å². The van der Waals surface area contributed by atoms with Crippen LogP contribution in [-0.2, 0) is 20.7 Å². The van der Waals surface area contributed by atoms with Crippen molar-refractivity contribution < 1.29 is 23.7 Å². The average molecular weight is 347 g/mol. The van der Waals surface area contributed by atoms with Crippen LogP contribution in [0.25, 0.3) is 0 Å².